The van der Waals surface area contributed by atoms with Crippen LogP contribution in [0.25, 0.3) is 0 Å². The van der Waals surface area contributed by atoms with Gasteiger partial charge < -0.3 is 0 Å². The minimum Gasteiger partial charge on any atom is -0.294 e. The van der Waals surface area contributed by atoms with E-state index in [1.54, 1.807) is 12.2 Å². The Hall–Kier alpha value is -2.55. The van der Waals surface area contributed by atoms with Gasteiger partial charge in [0.05, 0.1) is 5.41 Å². The van der Waals surface area contributed by atoms with Crippen molar-refractivity contribution in [2.24, 2.45) is 5.41 Å². The van der Waals surface area contributed by atoms with Crippen LogP contribution in [-0.2, 0) is 14.4 Å². The Morgan fingerprint density at radius 3 is 2.65 bits per heavy atom. The SMILES string of the molecule is O=C1C=CC2=C3C=CC4=CC=CC(=O)C43CC(=O)C2=C1. The number of Topliss-reactive ketones (excluding diaryl/α,β-unsaturated/α-hetero) is 1. The number of allylic oxidation sites excluding steroid dienone is 12. The van der Waals surface area contributed by atoms with Crippen LogP contribution in [-0.4, -0.2) is 17.3 Å². The number of rotatable bonds is 0. The van der Waals surface area contributed by atoms with E-state index in [2.05, 4.69) is 0 Å². The molecule has 0 amide bonds. The molecule has 0 aromatic heterocycles. The summed E-state index contributed by atoms with van der Waals surface area (Å²) in [6.07, 6.45) is 13.5. The van der Waals surface area contributed by atoms with Crippen LogP contribution in [0.2, 0.25) is 0 Å². The summed E-state index contributed by atoms with van der Waals surface area (Å²) in [4.78, 5) is 36.3. The predicted octanol–water partition coefficient (Wildman–Crippen LogP) is 1.94. The molecule has 0 saturated carbocycles. The highest BCUT2D eigenvalue weighted by Gasteiger charge is 2.52. The van der Waals surface area contributed by atoms with Gasteiger partial charge in [0.2, 0.25) is 0 Å². The number of hydrogen-bond donors (Lipinski definition) is 0. The average Bonchev–Trinajstić information content (AvgIpc) is 2.80. The Morgan fingerprint density at radius 2 is 1.80 bits per heavy atom. The predicted molar refractivity (Wildman–Crippen MR) is 72.7 cm³/mol. The van der Waals surface area contributed by atoms with Gasteiger partial charge in [-0.15, -0.1) is 0 Å². The molecular formula is C17H10O3. The lowest BCUT2D eigenvalue weighted by Gasteiger charge is -2.37. The first-order chi connectivity index (χ1) is 9.63. The van der Waals surface area contributed by atoms with Gasteiger partial charge >= 0.3 is 0 Å². The third-order valence-corrected chi connectivity index (χ3v) is 4.33. The fourth-order valence-corrected chi connectivity index (χ4v) is 3.40. The zero-order valence-electron chi connectivity index (χ0n) is 10.6. The first-order valence-electron chi connectivity index (χ1n) is 6.46. The van der Waals surface area contributed by atoms with E-state index in [0.29, 0.717) is 11.1 Å². The Labute approximate surface area is 115 Å². The zero-order valence-corrected chi connectivity index (χ0v) is 10.6. The first kappa shape index (κ1) is 11.3. The molecule has 4 aliphatic rings. The molecule has 4 rings (SSSR count). The van der Waals surface area contributed by atoms with Crippen molar-refractivity contribution in [2.45, 2.75) is 6.42 Å². The number of hydrogen-bond acceptors (Lipinski definition) is 3. The lowest BCUT2D eigenvalue weighted by molar-refractivity contribution is -0.126. The fraction of sp³-hybridized carbons (Fsp3) is 0.118. The molecule has 20 heavy (non-hydrogen) atoms. The van der Waals surface area contributed by atoms with Crippen molar-refractivity contribution in [1.82, 2.24) is 0 Å². The van der Waals surface area contributed by atoms with Gasteiger partial charge in [-0.3, -0.25) is 14.4 Å². The second-order valence-corrected chi connectivity index (χ2v) is 5.31. The van der Waals surface area contributed by atoms with Crippen LogP contribution in [0, 0.1) is 5.41 Å². The molecular weight excluding hydrogens is 252 g/mol. The molecule has 0 fully saturated rings. The van der Waals surface area contributed by atoms with Crippen LogP contribution in [0.1, 0.15) is 6.42 Å². The molecule has 96 valence electrons. The van der Waals surface area contributed by atoms with Crippen LogP contribution in [0.15, 0.2) is 70.9 Å². The van der Waals surface area contributed by atoms with Crippen molar-refractivity contribution in [3.63, 3.8) is 0 Å². The van der Waals surface area contributed by atoms with Crippen LogP contribution in [0.5, 0.6) is 0 Å². The monoisotopic (exact) mass is 262 g/mol. The second kappa shape index (κ2) is 3.51. The van der Waals surface area contributed by atoms with Crippen molar-refractivity contribution < 1.29 is 14.4 Å². The Balaban J connectivity index is 2.04. The summed E-state index contributed by atoms with van der Waals surface area (Å²) in [5.74, 6) is -0.374. The molecule has 1 spiro atoms. The van der Waals surface area contributed by atoms with Crippen molar-refractivity contribution in [2.75, 3.05) is 0 Å². The highest BCUT2D eigenvalue weighted by molar-refractivity contribution is 6.17. The van der Waals surface area contributed by atoms with Gasteiger partial charge in [-0.25, -0.2) is 0 Å². The van der Waals surface area contributed by atoms with Gasteiger partial charge in [-0.05, 0) is 34.9 Å². The third kappa shape index (κ3) is 1.17. The minimum absolute atomic E-state index is 0.0554. The number of ketones is 3. The van der Waals surface area contributed by atoms with Crippen molar-refractivity contribution in [3.05, 3.63) is 70.9 Å². The van der Waals surface area contributed by atoms with Gasteiger partial charge in [0.25, 0.3) is 0 Å². The van der Waals surface area contributed by atoms with E-state index in [4.69, 9.17) is 0 Å². The van der Waals surface area contributed by atoms with Crippen molar-refractivity contribution >= 4 is 17.3 Å². The smallest absolute Gasteiger partial charge is 0.179 e. The Morgan fingerprint density at radius 1 is 0.950 bits per heavy atom. The Kier molecular flexibility index (Phi) is 1.98. The summed E-state index contributed by atoms with van der Waals surface area (Å²) in [5.41, 5.74) is 2.00. The summed E-state index contributed by atoms with van der Waals surface area (Å²) in [6.45, 7) is 0. The molecule has 0 radical (unpaired) electrons. The number of carbonyl (C=O) groups is 3. The quantitative estimate of drug-likeness (QED) is 0.670. The normalized spacial score (nSPS) is 30.1. The highest BCUT2D eigenvalue weighted by Crippen LogP contribution is 2.54. The van der Waals surface area contributed by atoms with Gasteiger partial charge in [-0.1, -0.05) is 30.4 Å². The van der Waals surface area contributed by atoms with Crippen LogP contribution in [0.4, 0.5) is 0 Å². The number of fused-ring (bicyclic) bond motifs is 1. The van der Waals surface area contributed by atoms with Gasteiger partial charge in [0.1, 0.15) is 0 Å². The fourth-order valence-electron chi connectivity index (χ4n) is 3.40. The van der Waals surface area contributed by atoms with Crippen LogP contribution in [0.3, 0.4) is 0 Å². The van der Waals surface area contributed by atoms with Crippen molar-refractivity contribution in [1.29, 1.82) is 0 Å². The molecule has 3 nitrogen and oxygen atoms in total. The van der Waals surface area contributed by atoms with E-state index in [9.17, 15) is 14.4 Å². The van der Waals surface area contributed by atoms with Gasteiger partial charge in [0, 0.05) is 12.0 Å². The van der Waals surface area contributed by atoms with E-state index < -0.39 is 5.41 Å². The van der Waals surface area contributed by atoms with E-state index in [1.165, 1.54) is 18.2 Å². The maximum absolute atomic E-state index is 12.5. The molecule has 1 unspecified atom stereocenters. The highest BCUT2D eigenvalue weighted by atomic mass is 16.1. The van der Waals surface area contributed by atoms with E-state index >= 15 is 0 Å². The summed E-state index contributed by atoms with van der Waals surface area (Å²) < 4.78 is 0. The molecule has 0 bridgehead atoms. The number of carbonyl (C=O) groups excluding carboxylic acids is 3. The minimum atomic E-state index is -0.858. The molecule has 0 aliphatic heterocycles. The van der Waals surface area contributed by atoms with E-state index in [0.717, 1.165) is 11.1 Å². The summed E-state index contributed by atoms with van der Waals surface area (Å²) in [5, 5.41) is 0. The largest absolute Gasteiger partial charge is 0.294 e. The van der Waals surface area contributed by atoms with Crippen LogP contribution < -0.4 is 0 Å². The standard InChI is InChI=1S/C17H10O3/c18-11-5-6-12-13(8-11)15(19)9-17-10(4-7-14(12)17)2-1-3-16(17)20/h1-8H,9H2. The maximum Gasteiger partial charge on any atom is 0.179 e. The molecule has 0 heterocycles. The molecule has 1 atom stereocenters. The molecule has 0 aromatic rings. The Bertz CT molecular complexity index is 781. The molecule has 4 aliphatic carbocycles. The summed E-state index contributed by atoms with van der Waals surface area (Å²) in [7, 11) is 0. The maximum atomic E-state index is 12.5. The molecule has 0 N–H and O–H groups in total. The van der Waals surface area contributed by atoms with Gasteiger partial charge in [0.15, 0.2) is 17.3 Å². The zero-order chi connectivity index (χ0) is 13.9. The van der Waals surface area contributed by atoms with E-state index in [-0.39, 0.29) is 23.8 Å². The van der Waals surface area contributed by atoms with E-state index in [1.807, 2.05) is 18.2 Å². The lowest BCUT2D eigenvalue weighted by Crippen LogP contribution is -2.39. The first-order valence-corrected chi connectivity index (χ1v) is 6.46. The second-order valence-electron chi connectivity index (χ2n) is 5.31. The molecule has 0 saturated heterocycles. The van der Waals surface area contributed by atoms with Crippen LogP contribution >= 0.6 is 0 Å². The lowest BCUT2D eigenvalue weighted by atomic mass is 9.62. The topological polar surface area (TPSA) is 51.2 Å². The van der Waals surface area contributed by atoms with Crippen molar-refractivity contribution in [3.8, 4) is 0 Å². The molecule has 0 aromatic carbocycles. The summed E-state index contributed by atoms with van der Waals surface area (Å²) in [6, 6.07) is 0. The van der Waals surface area contributed by atoms with Gasteiger partial charge in [-0.2, -0.15) is 0 Å². The molecule has 3 heteroatoms. The third-order valence-electron chi connectivity index (χ3n) is 4.33. The average molecular weight is 262 g/mol. The summed E-state index contributed by atoms with van der Waals surface area (Å²) >= 11 is 0.